The standard InChI is InChI=1S/C13H19ClN4O3/c14-11-8-10(12(15)19)13(18-17-11)16-4-1-5-21-9-2-6-20-7-3-9/h8-9H,1-7H2,(H2,15,19)(H,16,18). The van der Waals surface area contributed by atoms with Gasteiger partial charge in [-0.05, 0) is 25.3 Å². The summed E-state index contributed by atoms with van der Waals surface area (Å²) in [4.78, 5) is 11.3. The molecule has 3 N–H and O–H groups in total. The van der Waals surface area contributed by atoms with Gasteiger partial charge in [-0.3, -0.25) is 4.79 Å². The second kappa shape index (κ2) is 8.11. The topological polar surface area (TPSA) is 99.4 Å². The van der Waals surface area contributed by atoms with Gasteiger partial charge >= 0.3 is 0 Å². The Morgan fingerprint density at radius 3 is 2.95 bits per heavy atom. The second-order valence-corrected chi connectivity index (χ2v) is 5.14. The van der Waals surface area contributed by atoms with Crippen LogP contribution in [0.1, 0.15) is 29.6 Å². The summed E-state index contributed by atoms with van der Waals surface area (Å²) in [5.41, 5.74) is 5.51. The summed E-state index contributed by atoms with van der Waals surface area (Å²) in [7, 11) is 0. The fourth-order valence-corrected chi connectivity index (χ4v) is 2.20. The third-order valence-electron chi connectivity index (χ3n) is 3.16. The highest BCUT2D eigenvalue weighted by atomic mass is 35.5. The highest BCUT2D eigenvalue weighted by molar-refractivity contribution is 6.29. The van der Waals surface area contributed by atoms with Crippen LogP contribution >= 0.6 is 11.6 Å². The van der Waals surface area contributed by atoms with Crippen LogP contribution in [0.15, 0.2) is 6.07 Å². The van der Waals surface area contributed by atoms with E-state index in [1.807, 2.05) is 0 Å². The zero-order valence-corrected chi connectivity index (χ0v) is 12.4. The Morgan fingerprint density at radius 2 is 2.24 bits per heavy atom. The number of amides is 1. The first-order valence-corrected chi connectivity index (χ1v) is 7.31. The Labute approximate surface area is 128 Å². The maximum Gasteiger partial charge on any atom is 0.252 e. The van der Waals surface area contributed by atoms with Crippen molar-refractivity contribution < 1.29 is 14.3 Å². The van der Waals surface area contributed by atoms with Gasteiger partial charge in [0.2, 0.25) is 0 Å². The molecule has 21 heavy (non-hydrogen) atoms. The van der Waals surface area contributed by atoms with Gasteiger partial charge in [0.25, 0.3) is 5.91 Å². The van der Waals surface area contributed by atoms with Crippen molar-refractivity contribution >= 4 is 23.3 Å². The molecule has 8 heteroatoms. The van der Waals surface area contributed by atoms with E-state index in [1.165, 1.54) is 6.07 Å². The minimum Gasteiger partial charge on any atom is -0.381 e. The fraction of sp³-hybridized carbons (Fsp3) is 0.615. The number of hydrogen-bond donors (Lipinski definition) is 2. The van der Waals surface area contributed by atoms with Gasteiger partial charge in [-0.2, -0.15) is 0 Å². The van der Waals surface area contributed by atoms with Crippen molar-refractivity contribution in [3.63, 3.8) is 0 Å². The first-order valence-electron chi connectivity index (χ1n) is 6.93. The molecule has 0 bridgehead atoms. The van der Waals surface area contributed by atoms with Crippen LogP contribution in [0.3, 0.4) is 0 Å². The number of nitrogens with one attached hydrogen (secondary N) is 1. The Morgan fingerprint density at radius 1 is 1.48 bits per heavy atom. The van der Waals surface area contributed by atoms with Gasteiger partial charge in [-0.25, -0.2) is 0 Å². The average molecular weight is 315 g/mol. The number of hydrogen-bond acceptors (Lipinski definition) is 6. The van der Waals surface area contributed by atoms with Crippen molar-refractivity contribution in [2.24, 2.45) is 5.73 Å². The Balaban J connectivity index is 1.72. The molecule has 116 valence electrons. The molecule has 0 atom stereocenters. The summed E-state index contributed by atoms with van der Waals surface area (Å²) in [6.07, 6.45) is 2.97. The van der Waals surface area contributed by atoms with Crippen molar-refractivity contribution in [3.05, 3.63) is 16.8 Å². The van der Waals surface area contributed by atoms with E-state index in [0.717, 1.165) is 32.5 Å². The van der Waals surface area contributed by atoms with E-state index in [4.69, 9.17) is 26.8 Å². The molecular weight excluding hydrogens is 296 g/mol. The first kappa shape index (κ1) is 15.9. The molecule has 2 heterocycles. The van der Waals surface area contributed by atoms with Gasteiger partial charge in [-0.15, -0.1) is 10.2 Å². The third-order valence-corrected chi connectivity index (χ3v) is 3.35. The molecule has 1 aliphatic heterocycles. The fourth-order valence-electron chi connectivity index (χ4n) is 2.06. The van der Waals surface area contributed by atoms with Gasteiger partial charge in [-0.1, -0.05) is 11.6 Å². The minimum atomic E-state index is -0.590. The minimum absolute atomic E-state index is 0.136. The van der Waals surface area contributed by atoms with Crippen LogP contribution < -0.4 is 11.1 Å². The predicted octanol–water partition coefficient (Wildman–Crippen LogP) is 1.23. The summed E-state index contributed by atoms with van der Waals surface area (Å²) in [5.74, 6) is -0.245. The van der Waals surface area contributed by atoms with E-state index in [1.54, 1.807) is 0 Å². The molecule has 0 spiro atoms. The second-order valence-electron chi connectivity index (χ2n) is 4.76. The quantitative estimate of drug-likeness (QED) is 0.734. The molecule has 1 fully saturated rings. The third kappa shape index (κ3) is 5.11. The number of nitrogens with zero attached hydrogens (tertiary/aromatic N) is 2. The maximum absolute atomic E-state index is 11.3. The van der Waals surface area contributed by atoms with Crippen molar-refractivity contribution in [2.75, 3.05) is 31.7 Å². The molecule has 0 aliphatic carbocycles. The summed E-state index contributed by atoms with van der Waals surface area (Å²) in [6.45, 7) is 2.79. The number of carbonyl (C=O) groups excluding carboxylic acids is 1. The molecule has 1 aromatic heterocycles. The number of primary amides is 1. The van der Waals surface area contributed by atoms with Gasteiger partial charge in [0.05, 0.1) is 11.7 Å². The molecule has 0 unspecified atom stereocenters. The lowest BCUT2D eigenvalue weighted by Crippen LogP contribution is -2.24. The molecule has 0 radical (unpaired) electrons. The van der Waals surface area contributed by atoms with Crippen LogP contribution in [0.25, 0.3) is 0 Å². The van der Waals surface area contributed by atoms with Crippen molar-refractivity contribution in [3.8, 4) is 0 Å². The average Bonchev–Trinajstić information content (AvgIpc) is 2.49. The Kier molecular flexibility index (Phi) is 6.16. The normalized spacial score (nSPS) is 15.9. The summed E-state index contributed by atoms with van der Waals surface area (Å²) < 4.78 is 11.0. The number of rotatable bonds is 7. The molecule has 1 aliphatic rings. The predicted molar refractivity (Wildman–Crippen MR) is 78.5 cm³/mol. The van der Waals surface area contributed by atoms with E-state index in [2.05, 4.69) is 15.5 Å². The van der Waals surface area contributed by atoms with Crippen molar-refractivity contribution in [2.45, 2.75) is 25.4 Å². The van der Waals surface area contributed by atoms with Gasteiger partial charge < -0.3 is 20.5 Å². The van der Waals surface area contributed by atoms with Gasteiger partial charge in [0.1, 0.15) is 0 Å². The molecule has 1 aromatic rings. The largest absolute Gasteiger partial charge is 0.381 e. The zero-order chi connectivity index (χ0) is 15.1. The molecule has 7 nitrogen and oxygen atoms in total. The SMILES string of the molecule is NC(=O)c1cc(Cl)nnc1NCCCOC1CCOCC1. The van der Waals surface area contributed by atoms with Crippen molar-refractivity contribution in [1.82, 2.24) is 10.2 Å². The number of aromatic nitrogens is 2. The van der Waals surface area contributed by atoms with Crippen LogP contribution in [0.2, 0.25) is 5.15 Å². The zero-order valence-electron chi connectivity index (χ0n) is 11.7. The van der Waals surface area contributed by atoms with Crippen LogP contribution in [0.5, 0.6) is 0 Å². The molecule has 2 rings (SSSR count). The van der Waals surface area contributed by atoms with Crippen molar-refractivity contribution in [1.29, 1.82) is 0 Å². The lowest BCUT2D eigenvalue weighted by atomic mass is 10.1. The Hall–Kier alpha value is -1.44. The van der Waals surface area contributed by atoms with Crippen LogP contribution in [-0.4, -0.2) is 48.6 Å². The molecule has 1 amide bonds. The van der Waals surface area contributed by atoms with E-state index >= 15 is 0 Å². The Bertz CT molecular complexity index is 480. The van der Waals surface area contributed by atoms with E-state index in [-0.39, 0.29) is 16.8 Å². The highest BCUT2D eigenvalue weighted by Gasteiger charge is 2.14. The number of ether oxygens (including phenoxy) is 2. The lowest BCUT2D eigenvalue weighted by Gasteiger charge is -2.22. The van der Waals surface area contributed by atoms with Gasteiger partial charge in [0, 0.05) is 26.4 Å². The van der Waals surface area contributed by atoms with Crippen LogP contribution in [0.4, 0.5) is 5.82 Å². The maximum atomic E-state index is 11.3. The van der Waals surface area contributed by atoms with E-state index in [0.29, 0.717) is 19.0 Å². The monoisotopic (exact) mass is 314 g/mol. The number of anilines is 1. The van der Waals surface area contributed by atoms with E-state index < -0.39 is 5.91 Å². The smallest absolute Gasteiger partial charge is 0.252 e. The molecule has 1 saturated heterocycles. The molecule has 0 aromatic carbocycles. The van der Waals surface area contributed by atoms with Gasteiger partial charge in [0.15, 0.2) is 11.0 Å². The first-order chi connectivity index (χ1) is 10.2. The molecule has 0 saturated carbocycles. The summed E-state index contributed by atoms with van der Waals surface area (Å²) in [5, 5.41) is 10.7. The summed E-state index contributed by atoms with van der Waals surface area (Å²) >= 11 is 5.69. The van der Waals surface area contributed by atoms with Crippen LogP contribution in [-0.2, 0) is 9.47 Å². The summed E-state index contributed by atoms with van der Waals surface area (Å²) in [6, 6.07) is 1.40. The van der Waals surface area contributed by atoms with E-state index in [9.17, 15) is 4.79 Å². The molecular formula is C13H19ClN4O3. The number of carbonyl (C=O) groups is 1. The lowest BCUT2D eigenvalue weighted by molar-refractivity contribution is -0.0316. The highest BCUT2D eigenvalue weighted by Crippen LogP contribution is 2.15. The van der Waals surface area contributed by atoms with Crippen LogP contribution in [0, 0.1) is 0 Å². The number of halogens is 1. The number of nitrogens with two attached hydrogens (primary N) is 1.